The lowest BCUT2D eigenvalue weighted by molar-refractivity contribution is -0.0708. The van der Waals surface area contributed by atoms with Gasteiger partial charge in [-0.25, -0.2) is 13.5 Å². The molecular formula is C23H24F2N6O. The molecule has 3 aliphatic rings. The zero-order valence-corrected chi connectivity index (χ0v) is 17.7. The number of benzene rings is 2. The molecule has 1 N–H and O–H groups in total. The van der Waals surface area contributed by atoms with E-state index >= 15 is 0 Å². The van der Waals surface area contributed by atoms with E-state index in [9.17, 15) is 8.78 Å². The third-order valence-electron chi connectivity index (χ3n) is 6.63. The summed E-state index contributed by atoms with van der Waals surface area (Å²) in [5, 5.41) is 7.56. The predicted molar refractivity (Wildman–Crippen MR) is 117 cm³/mol. The van der Waals surface area contributed by atoms with E-state index in [1.165, 1.54) is 35.3 Å². The zero-order chi connectivity index (χ0) is 21.8. The number of fused-ring (bicyclic) bond motifs is 2. The Hall–Kier alpha value is -3.04. The van der Waals surface area contributed by atoms with Gasteiger partial charge in [-0.15, -0.1) is 5.10 Å². The first-order valence-electron chi connectivity index (χ1n) is 10.9. The van der Waals surface area contributed by atoms with E-state index in [2.05, 4.69) is 44.3 Å². The van der Waals surface area contributed by atoms with Crippen molar-refractivity contribution in [2.45, 2.75) is 31.5 Å². The standard InChI is InChI=1S/C23H24F2N6O/c1-14-2-17(27-23-26-13-31(28-23)19-5-15(24)4-16(25)6-19)7-18(3-14)29-9-21-8-20(29)10-30(21)22-11-32-12-22/h2-7,13,20-22H,8-12H2,1H3,(H,27,28)/t20-,21+/m1/s1. The van der Waals surface area contributed by atoms with Gasteiger partial charge in [0.25, 0.3) is 0 Å². The summed E-state index contributed by atoms with van der Waals surface area (Å²) < 4.78 is 33.8. The Morgan fingerprint density at radius 3 is 2.44 bits per heavy atom. The van der Waals surface area contributed by atoms with Crippen molar-refractivity contribution in [3.8, 4) is 5.69 Å². The summed E-state index contributed by atoms with van der Waals surface area (Å²) in [4.78, 5) is 9.37. The number of piperazine rings is 1. The van der Waals surface area contributed by atoms with Gasteiger partial charge < -0.3 is 15.0 Å². The van der Waals surface area contributed by atoms with Crippen LogP contribution in [0.25, 0.3) is 5.69 Å². The van der Waals surface area contributed by atoms with Gasteiger partial charge in [0, 0.05) is 42.6 Å². The summed E-state index contributed by atoms with van der Waals surface area (Å²) in [6.07, 6.45) is 2.63. The highest BCUT2D eigenvalue weighted by molar-refractivity contribution is 5.65. The quantitative estimate of drug-likeness (QED) is 0.660. The fourth-order valence-corrected chi connectivity index (χ4v) is 5.12. The van der Waals surface area contributed by atoms with E-state index in [0.29, 0.717) is 24.1 Å². The van der Waals surface area contributed by atoms with Crippen LogP contribution in [0.5, 0.6) is 0 Å². The van der Waals surface area contributed by atoms with Crippen molar-refractivity contribution in [1.29, 1.82) is 0 Å². The van der Waals surface area contributed by atoms with Gasteiger partial charge >= 0.3 is 0 Å². The van der Waals surface area contributed by atoms with Gasteiger partial charge in [0.1, 0.15) is 18.0 Å². The second-order valence-electron chi connectivity index (χ2n) is 8.91. The molecule has 6 rings (SSSR count). The Balaban J connectivity index is 1.19. The van der Waals surface area contributed by atoms with E-state index in [1.54, 1.807) is 0 Å². The molecule has 166 valence electrons. The van der Waals surface area contributed by atoms with Crippen molar-refractivity contribution in [2.24, 2.45) is 0 Å². The average molecular weight is 438 g/mol. The molecule has 0 unspecified atom stereocenters. The summed E-state index contributed by atoms with van der Waals surface area (Å²) in [5.41, 5.74) is 3.50. The van der Waals surface area contributed by atoms with Crippen LogP contribution < -0.4 is 10.2 Å². The van der Waals surface area contributed by atoms with Gasteiger partial charge in [-0.1, -0.05) is 0 Å². The smallest absolute Gasteiger partial charge is 0.246 e. The van der Waals surface area contributed by atoms with Crippen molar-refractivity contribution in [2.75, 3.05) is 36.5 Å². The topological polar surface area (TPSA) is 58.5 Å². The Morgan fingerprint density at radius 1 is 0.938 bits per heavy atom. The van der Waals surface area contributed by atoms with Crippen molar-refractivity contribution in [1.82, 2.24) is 19.7 Å². The molecule has 0 amide bonds. The second-order valence-corrected chi connectivity index (χ2v) is 8.91. The van der Waals surface area contributed by atoms with Gasteiger partial charge in [0.05, 0.1) is 24.9 Å². The molecule has 32 heavy (non-hydrogen) atoms. The normalized spacial score (nSPS) is 23.0. The fraction of sp³-hybridized carbons (Fsp3) is 0.391. The van der Waals surface area contributed by atoms with Crippen LogP contribution in [0.2, 0.25) is 0 Å². The monoisotopic (exact) mass is 438 g/mol. The van der Waals surface area contributed by atoms with Crippen molar-refractivity contribution in [3.05, 3.63) is 59.9 Å². The second kappa shape index (κ2) is 7.53. The molecule has 3 aliphatic heterocycles. The minimum absolute atomic E-state index is 0.280. The number of hydrogen-bond acceptors (Lipinski definition) is 6. The maximum absolute atomic E-state index is 13.5. The first-order valence-corrected chi connectivity index (χ1v) is 10.9. The number of aryl methyl sites for hydroxylation is 1. The molecule has 0 aliphatic carbocycles. The first kappa shape index (κ1) is 19.6. The molecule has 0 spiro atoms. The SMILES string of the molecule is Cc1cc(Nc2ncn(-c3cc(F)cc(F)c3)n2)cc(N2C[C@@H]3C[C@@H]2CN3C2COC2)c1. The van der Waals surface area contributed by atoms with Gasteiger partial charge in [-0.2, -0.15) is 4.98 Å². The van der Waals surface area contributed by atoms with E-state index < -0.39 is 11.6 Å². The fourth-order valence-electron chi connectivity index (χ4n) is 5.12. The number of rotatable bonds is 5. The summed E-state index contributed by atoms with van der Waals surface area (Å²) in [6, 6.07) is 11.3. The van der Waals surface area contributed by atoms with Crippen LogP contribution >= 0.6 is 0 Å². The molecule has 2 aromatic carbocycles. The highest BCUT2D eigenvalue weighted by Gasteiger charge is 2.47. The molecule has 0 radical (unpaired) electrons. The number of anilines is 3. The number of nitrogens with zero attached hydrogens (tertiary/aromatic N) is 5. The maximum Gasteiger partial charge on any atom is 0.246 e. The minimum atomic E-state index is -0.656. The maximum atomic E-state index is 13.5. The molecule has 9 heteroatoms. The minimum Gasteiger partial charge on any atom is -0.378 e. The molecule has 1 aromatic heterocycles. The lowest BCUT2D eigenvalue weighted by Crippen LogP contribution is -2.56. The van der Waals surface area contributed by atoms with E-state index in [1.807, 2.05) is 6.07 Å². The highest BCUT2D eigenvalue weighted by atomic mass is 19.1. The number of likely N-dealkylation sites (tertiary alicyclic amines) is 1. The number of ether oxygens (including phenoxy) is 1. The van der Waals surface area contributed by atoms with Crippen LogP contribution in [-0.4, -0.2) is 64.1 Å². The van der Waals surface area contributed by atoms with Crippen LogP contribution in [-0.2, 0) is 4.74 Å². The molecule has 4 heterocycles. The van der Waals surface area contributed by atoms with Crippen LogP contribution in [0.3, 0.4) is 0 Å². The Bertz CT molecular complexity index is 1140. The van der Waals surface area contributed by atoms with E-state index in [0.717, 1.165) is 43.6 Å². The highest BCUT2D eigenvalue weighted by Crippen LogP contribution is 2.38. The van der Waals surface area contributed by atoms with E-state index in [4.69, 9.17) is 4.74 Å². The Labute approximate surface area is 184 Å². The molecule has 2 atom stereocenters. The Morgan fingerprint density at radius 2 is 1.75 bits per heavy atom. The third-order valence-corrected chi connectivity index (χ3v) is 6.63. The number of hydrogen-bond donors (Lipinski definition) is 1. The average Bonchev–Trinajstić information content (AvgIpc) is 3.41. The van der Waals surface area contributed by atoms with Crippen LogP contribution in [0.15, 0.2) is 42.7 Å². The predicted octanol–water partition coefficient (Wildman–Crippen LogP) is 3.26. The largest absolute Gasteiger partial charge is 0.378 e. The first-order chi connectivity index (χ1) is 15.5. The third kappa shape index (κ3) is 3.51. The van der Waals surface area contributed by atoms with Gasteiger partial charge in [0.15, 0.2) is 0 Å². The summed E-state index contributed by atoms with van der Waals surface area (Å²) in [6.45, 7) is 5.92. The lowest BCUT2D eigenvalue weighted by Gasteiger charge is -2.43. The summed E-state index contributed by atoms with van der Waals surface area (Å²) >= 11 is 0. The van der Waals surface area contributed by atoms with Crippen LogP contribution in [0.1, 0.15) is 12.0 Å². The van der Waals surface area contributed by atoms with Crippen LogP contribution in [0, 0.1) is 18.6 Å². The zero-order valence-electron chi connectivity index (χ0n) is 17.7. The summed E-state index contributed by atoms with van der Waals surface area (Å²) in [7, 11) is 0. The van der Waals surface area contributed by atoms with Crippen molar-refractivity contribution < 1.29 is 13.5 Å². The van der Waals surface area contributed by atoms with Crippen LogP contribution in [0.4, 0.5) is 26.1 Å². The number of halogens is 2. The number of nitrogens with one attached hydrogen (secondary N) is 1. The number of aromatic nitrogens is 3. The van der Waals surface area contributed by atoms with Crippen molar-refractivity contribution in [3.63, 3.8) is 0 Å². The molecular weight excluding hydrogens is 414 g/mol. The Kier molecular flexibility index (Phi) is 4.62. The van der Waals surface area contributed by atoms with E-state index in [-0.39, 0.29) is 5.69 Å². The molecule has 3 fully saturated rings. The van der Waals surface area contributed by atoms with Crippen molar-refractivity contribution >= 4 is 17.3 Å². The molecule has 2 bridgehead atoms. The van der Waals surface area contributed by atoms with Gasteiger partial charge in [-0.3, -0.25) is 4.90 Å². The molecule has 0 saturated carbocycles. The van der Waals surface area contributed by atoms with Gasteiger partial charge in [-0.05, 0) is 49.2 Å². The van der Waals surface area contributed by atoms with Gasteiger partial charge in [0.2, 0.25) is 5.95 Å². The molecule has 3 aromatic rings. The molecule has 3 saturated heterocycles. The summed E-state index contributed by atoms with van der Waals surface area (Å²) in [5.74, 6) is -0.946. The lowest BCUT2D eigenvalue weighted by atomic mass is 10.1. The molecule has 7 nitrogen and oxygen atoms in total.